The van der Waals surface area contributed by atoms with Crippen molar-refractivity contribution in [2.24, 2.45) is 11.8 Å². The van der Waals surface area contributed by atoms with Crippen LogP contribution in [0.5, 0.6) is 0 Å². The summed E-state index contributed by atoms with van der Waals surface area (Å²) in [6.45, 7) is 12.3. The Morgan fingerprint density at radius 3 is 2.67 bits per heavy atom. The van der Waals surface area contributed by atoms with Crippen LogP contribution in [0, 0.1) is 11.8 Å². The first-order valence-electron chi connectivity index (χ1n) is 13.4. The molecule has 1 aromatic heterocycles. The number of carbonyl (C=O) groups is 1. The highest BCUT2D eigenvalue weighted by Crippen LogP contribution is 2.35. The van der Waals surface area contributed by atoms with Crippen LogP contribution in [-0.4, -0.2) is 59.7 Å². The maximum atomic E-state index is 13.3. The van der Waals surface area contributed by atoms with Gasteiger partial charge in [0.2, 0.25) is 0 Å². The molecule has 0 spiro atoms. The molecule has 180 valence electrons. The van der Waals surface area contributed by atoms with Crippen LogP contribution in [0.3, 0.4) is 0 Å². The van der Waals surface area contributed by atoms with Crippen molar-refractivity contribution >= 4 is 16.8 Å². The molecule has 1 aromatic carbocycles. The van der Waals surface area contributed by atoms with E-state index in [1.165, 1.54) is 41.5 Å². The van der Waals surface area contributed by atoms with E-state index in [0.717, 1.165) is 95.4 Å². The highest BCUT2D eigenvalue weighted by Gasteiger charge is 2.30. The molecule has 3 heterocycles. The van der Waals surface area contributed by atoms with Crippen LogP contribution >= 0.6 is 0 Å². The van der Waals surface area contributed by atoms with Gasteiger partial charge in [-0.3, -0.25) is 9.69 Å². The summed E-state index contributed by atoms with van der Waals surface area (Å²) in [6, 6.07) is 6.51. The van der Waals surface area contributed by atoms with Gasteiger partial charge in [0, 0.05) is 81.1 Å². The summed E-state index contributed by atoms with van der Waals surface area (Å²) in [5, 5.41) is 1.31. The lowest BCUT2D eigenvalue weighted by Gasteiger charge is -2.30. The average Bonchev–Trinajstić information content (AvgIpc) is 3.60. The maximum absolute atomic E-state index is 13.3. The standard InChI is InChI=1S/C28H41N3O2/c1-3-33-17-5-4-13-31-26-9-8-23(28(32)30-15-10-21(2)11-16-30)18-24(26)25-20-29(14-12-27(25)31)19-22-6-7-22/h8-9,18,21-22H,3-7,10-17,19-20H2,1-2H3. The molecule has 0 atom stereocenters. The molecule has 0 N–H and O–H groups in total. The molecule has 1 amide bonds. The van der Waals surface area contributed by atoms with Gasteiger partial charge in [-0.25, -0.2) is 0 Å². The molecular formula is C28H41N3O2. The van der Waals surface area contributed by atoms with Crippen molar-refractivity contribution in [3.63, 3.8) is 0 Å². The number of piperidine rings is 1. The number of nitrogens with zero attached hydrogens (tertiary/aromatic N) is 3. The molecule has 5 heteroatoms. The fourth-order valence-corrected chi connectivity index (χ4v) is 5.73. The van der Waals surface area contributed by atoms with Gasteiger partial charge in [-0.1, -0.05) is 6.92 Å². The molecule has 1 aliphatic carbocycles. The number of aryl methyl sites for hydroxylation is 1. The topological polar surface area (TPSA) is 37.7 Å². The van der Waals surface area contributed by atoms with E-state index in [1.807, 2.05) is 0 Å². The Bertz CT molecular complexity index is 969. The fraction of sp³-hybridized carbons (Fsp3) is 0.679. The van der Waals surface area contributed by atoms with Gasteiger partial charge in [0.25, 0.3) is 5.91 Å². The number of hydrogen-bond donors (Lipinski definition) is 0. The molecule has 3 aliphatic rings. The first kappa shape index (κ1) is 22.9. The summed E-state index contributed by atoms with van der Waals surface area (Å²) >= 11 is 0. The Morgan fingerprint density at radius 1 is 1.09 bits per heavy atom. The van der Waals surface area contributed by atoms with Crippen LogP contribution in [-0.2, 0) is 24.2 Å². The minimum absolute atomic E-state index is 0.215. The number of rotatable bonds is 9. The van der Waals surface area contributed by atoms with E-state index < -0.39 is 0 Å². The van der Waals surface area contributed by atoms with E-state index in [4.69, 9.17) is 4.74 Å². The fourth-order valence-electron chi connectivity index (χ4n) is 5.73. The zero-order chi connectivity index (χ0) is 22.8. The summed E-state index contributed by atoms with van der Waals surface area (Å²) < 4.78 is 8.12. The molecule has 5 nitrogen and oxygen atoms in total. The van der Waals surface area contributed by atoms with Crippen molar-refractivity contribution in [2.75, 3.05) is 39.4 Å². The summed E-state index contributed by atoms with van der Waals surface area (Å²) in [5.74, 6) is 1.86. The van der Waals surface area contributed by atoms with E-state index in [2.05, 4.69) is 46.4 Å². The molecule has 0 unspecified atom stereocenters. The van der Waals surface area contributed by atoms with Gasteiger partial charge < -0.3 is 14.2 Å². The van der Waals surface area contributed by atoms with Crippen molar-refractivity contribution in [3.8, 4) is 0 Å². The Balaban J connectivity index is 1.41. The van der Waals surface area contributed by atoms with Crippen LogP contribution < -0.4 is 0 Å². The average molecular weight is 452 g/mol. The molecule has 2 aromatic rings. The summed E-state index contributed by atoms with van der Waals surface area (Å²) in [6.07, 6.45) is 8.40. The number of hydrogen-bond acceptors (Lipinski definition) is 3. The van der Waals surface area contributed by atoms with Crippen LogP contribution in [0.15, 0.2) is 18.2 Å². The third-order valence-electron chi connectivity index (χ3n) is 7.99. The normalized spacial score (nSPS) is 19.9. The summed E-state index contributed by atoms with van der Waals surface area (Å²) in [4.78, 5) is 18.0. The Labute approximate surface area is 199 Å². The lowest BCUT2D eigenvalue weighted by molar-refractivity contribution is 0.0697. The smallest absolute Gasteiger partial charge is 0.253 e. The Kier molecular flexibility index (Phi) is 7.07. The van der Waals surface area contributed by atoms with Crippen molar-refractivity contribution in [3.05, 3.63) is 35.0 Å². The Hall–Kier alpha value is -1.85. The molecule has 2 fully saturated rings. The van der Waals surface area contributed by atoms with Crippen molar-refractivity contribution < 1.29 is 9.53 Å². The van der Waals surface area contributed by atoms with Gasteiger partial charge in [-0.05, 0) is 81.0 Å². The second-order valence-corrected chi connectivity index (χ2v) is 10.6. The summed E-state index contributed by atoms with van der Waals surface area (Å²) in [7, 11) is 0. The second kappa shape index (κ2) is 10.2. The highest BCUT2D eigenvalue weighted by atomic mass is 16.5. The zero-order valence-corrected chi connectivity index (χ0v) is 20.7. The number of unbranched alkanes of at least 4 members (excludes halogenated alkanes) is 1. The molecule has 5 rings (SSSR count). The quantitative estimate of drug-likeness (QED) is 0.498. The monoisotopic (exact) mass is 451 g/mol. The van der Waals surface area contributed by atoms with Crippen LogP contribution in [0.25, 0.3) is 10.9 Å². The van der Waals surface area contributed by atoms with E-state index in [1.54, 1.807) is 0 Å². The lowest BCUT2D eigenvalue weighted by Crippen LogP contribution is -2.37. The molecule has 1 saturated heterocycles. The van der Waals surface area contributed by atoms with Gasteiger partial charge >= 0.3 is 0 Å². The number of amides is 1. The number of fused-ring (bicyclic) bond motifs is 3. The van der Waals surface area contributed by atoms with Crippen LogP contribution in [0.1, 0.15) is 74.0 Å². The van der Waals surface area contributed by atoms with Gasteiger partial charge in [-0.15, -0.1) is 0 Å². The number of benzene rings is 1. The van der Waals surface area contributed by atoms with Crippen molar-refractivity contribution in [1.29, 1.82) is 0 Å². The largest absolute Gasteiger partial charge is 0.382 e. The first-order valence-corrected chi connectivity index (χ1v) is 13.4. The lowest BCUT2D eigenvalue weighted by atomic mass is 9.98. The van der Waals surface area contributed by atoms with Crippen LogP contribution in [0.2, 0.25) is 0 Å². The maximum Gasteiger partial charge on any atom is 0.253 e. The third kappa shape index (κ3) is 5.14. The zero-order valence-electron chi connectivity index (χ0n) is 20.7. The van der Waals surface area contributed by atoms with Crippen molar-refractivity contribution in [1.82, 2.24) is 14.4 Å². The molecule has 1 saturated carbocycles. The highest BCUT2D eigenvalue weighted by molar-refractivity contribution is 5.99. The van der Waals surface area contributed by atoms with Gasteiger partial charge in [0.15, 0.2) is 0 Å². The van der Waals surface area contributed by atoms with E-state index in [0.29, 0.717) is 0 Å². The molecule has 0 radical (unpaired) electrons. The second-order valence-electron chi connectivity index (χ2n) is 10.6. The van der Waals surface area contributed by atoms with Crippen molar-refractivity contribution in [2.45, 2.75) is 71.9 Å². The van der Waals surface area contributed by atoms with E-state index in [9.17, 15) is 4.79 Å². The van der Waals surface area contributed by atoms with Gasteiger partial charge in [0.1, 0.15) is 0 Å². The summed E-state index contributed by atoms with van der Waals surface area (Å²) in [5.41, 5.74) is 5.16. The molecule has 2 aliphatic heterocycles. The van der Waals surface area contributed by atoms with Crippen LogP contribution in [0.4, 0.5) is 0 Å². The number of likely N-dealkylation sites (tertiary alicyclic amines) is 1. The minimum Gasteiger partial charge on any atom is -0.382 e. The minimum atomic E-state index is 0.215. The van der Waals surface area contributed by atoms with Gasteiger partial charge in [0.05, 0.1) is 0 Å². The molecule has 33 heavy (non-hydrogen) atoms. The SMILES string of the molecule is CCOCCCCn1c2c(c3cc(C(=O)N4CCC(C)CC4)ccc31)CN(CC1CC1)CC2. The predicted octanol–water partition coefficient (Wildman–Crippen LogP) is 5.10. The van der Waals surface area contributed by atoms with Gasteiger partial charge in [-0.2, -0.15) is 0 Å². The Morgan fingerprint density at radius 2 is 1.91 bits per heavy atom. The van der Waals surface area contributed by atoms with E-state index >= 15 is 0 Å². The number of carbonyl (C=O) groups excluding carboxylic acids is 1. The molecular weight excluding hydrogens is 410 g/mol. The molecule has 0 bridgehead atoms. The third-order valence-corrected chi connectivity index (χ3v) is 7.99. The van der Waals surface area contributed by atoms with E-state index in [-0.39, 0.29) is 5.91 Å². The predicted molar refractivity (Wildman–Crippen MR) is 134 cm³/mol. The number of ether oxygens (including phenoxy) is 1. The first-order chi connectivity index (χ1) is 16.1. The number of aromatic nitrogens is 1.